The second kappa shape index (κ2) is 27.1. The van der Waals surface area contributed by atoms with E-state index < -0.39 is 13.9 Å². The van der Waals surface area contributed by atoms with Crippen molar-refractivity contribution in [1.82, 2.24) is 0 Å². The number of quaternary nitrogens is 1. The monoisotopic (exact) mass is 608 g/mol. The van der Waals surface area contributed by atoms with Gasteiger partial charge in [-0.2, -0.15) is 0 Å². The molecule has 0 aliphatic carbocycles. The Morgan fingerprint density at radius 2 is 1.12 bits per heavy atom. The van der Waals surface area contributed by atoms with E-state index in [0.29, 0.717) is 24.1 Å². The van der Waals surface area contributed by atoms with E-state index in [-0.39, 0.29) is 25.8 Å². The molecule has 0 rings (SSSR count). The Hall–Kier alpha value is -0.500. The van der Waals surface area contributed by atoms with Crippen LogP contribution in [-0.2, 0) is 27.9 Å². The number of nitrogens with zero attached hydrogens (tertiary/aromatic N) is 1. The van der Waals surface area contributed by atoms with Gasteiger partial charge in [-0.25, -0.2) is 4.57 Å². The maximum absolute atomic E-state index is 12.4. The first-order chi connectivity index (χ1) is 19.6. The number of unbranched alkanes of at least 4 members (excludes halogenated alkanes) is 17. The molecule has 0 aromatic carbocycles. The Morgan fingerprint density at radius 1 is 0.659 bits per heavy atom. The molecule has 0 spiro atoms. The molecule has 0 aliphatic rings. The van der Waals surface area contributed by atoms with Gasteiger partial charge in [-0.05, 0) is 12.8 Å². The van der Waals surface area contributed by atoms with Gasteiger partial charge in [0.25, 0.3) is 0 Å². The number of rotatable bonds is 31. The second-order valence-corrected chi connectivity index (χ2v) is 14.0. The van der Waals surface area contributed by atoms with E-state index in [0.717, 1.165) is 38.5 Å². The van der Waals surface area contributed by atoms with E-state index >= 15 is 0 Å². The van der Waals surface area contributed by atoms with Crippen molar-refractivity contribution in [3.05, 3.63) is 0 Å². The lowest BCUT2D eigenvalue weighted by molar-refractivity contribution is -0.870. The fraction of sp³-hybridized carbons (Fsp3) is 0.969. The quantitative estimate of drug-likeness (QED) is 0.0365. The summed E-state index contributed by atoms with van der Waals surface area (Å²) in [4.78, 5) is 22.4. The summed E-state index contributed by atoms with van der Waals surface area (Å²) >= 11 is 0. The Balaban J connectivity index is 4.18. The van der Waals surface area contributed by atoms with Gasteiger partial charge in [0.2, 0.25) is 0 Å². The summed E-state index contributed by atoms with van der Waals surface area (Å²) in [6.07, 6.45) is 23.0. The first kappa shape index (κ1) is 40.5. The number of phosphoric ester groups is 1. The smallest absolute Gasteiger partial charge is 0.457 e. The average molecular weight is 609 g/mol. The van der Waals surface area contributed by atoms with Crippen LogP contribution in [-0.4, -0.2) is 75.6 Å². The number of phosphoric acid groups is 1. The van der Waals surface area contributed by atoms with Crippen LogP contribution in [0.4, 0.5) is 0 Å². The van der Waals surface area contributed by atoms with E-state index in [1.165, 1.54) is 83.5 Å². The number of esters is 1. The first-order valence-corrected chi connectivity index (χ1v) is 18.3. The normalized spacial score (nSPS) is 14.2. The molecule has 0 radical (unpaired) electrons. The number of carbonyl (C=O) groups is 1. The van der Waals surface area contributed by atoms with E-state index in [9.17, 15) is 14.3 Å². The lowest BCUT2D eigenvalue weighted by Gasteiger charge is -2.24. The maximum Gasteiger partial charge on any atom is 0.472 e. The van der Waals surface area contributed by atoms with Crippen LogP contribution in [0.1, 0.15) is 142 Å². The number of hydrogen-bond donors (Lipinski definition) is 1. The van der Waals surface area contributed by atoms with Crippen molar-refractivity contribution in [3.63, 3.8) is 0 Å². The summed E-state index contributed by atoms with van der Waals surface area (Å²) in [5.41, 5.74) is 0. The van der Waals surface area contributed by atoms with Crippen LogP contribution in [0.5, 0.6) is 0 Å². The molecule has 1 N–H and O–H groups in total. The van der Waals surface area contributed by atoms with Crippen molar-refractivity contribution < 1.29 is 37.3 Å². The summed E-state index contributed by atoms with van der Waals surface area (Å²) < 4.78 is 34.5. The number of carbonyl (C=O) groups excluding carboxylic acids is 1. The van der Waals surface area contributed by atoms with Gasteiger partial charge in [-0.1, -0.05) is 123 Å². The molecular formula is C32H67NO7P+. The van der Waals surface area contributed by atoms with Gasteiger partial charge in [0, 0.05) is 13.0 Å². The molecule has 0 saturated heterocycles. The van der Waals surface area contributed by atoms with Crippen LogP contribution >= 0.6 is 7.82 Å². The van der Waals surface area contributed by atoms with Crippen molar-refractivity contribution in [1.29, 1.82) is 0 Å². The molecule has 0 bridgehead atoms. The fourth-order valence-electron chi connectivity index (χ4n) is 4.49. The molecular weight excluding hydrogens is 541 g/mol. The number of hydrogen-bond acceptors (Lipinski definition) is 6. The molecule has 9 heteroatoms. The van der Waals surface area contributed by atoms with Gasteiger partial charge in [-0.3, -0.25) is 13.8 Å². The molecule has 0 amide bonds. The minimum Gasteiger partial charge on any atom is -0.457 e. The minimum absolute atomic E-state index is 0.0924. The highest BCUT2D eigenvalue weighted by molar-refractivity contribution is 7.47. The lowest BCUT2D eigenvalue weighted by atomic mass is 10.0. The van der Waals surface area contributed by atoms with Crippen molar-refractivity contribution >= 4 is 13.8 Å². The number of ether oxygens (including phenoxy) is 2. The third-order valence-electron chi connectivity index (χ3n) is 7.17. The van der Waals surface area contributed by atoms with E-state index in [1.807, 2.05) is 21.1 Å². The van der Waals surface area contributed by atoms with Gasteiger partial charge in [0.05, 0.1) is 34.4 Å². The SMILES string of the molecule is CCCCCCCCCCCCCCCCOCC(COP(=O)(O)OCC[N+](C)(C)C)OC(=O)CCCCCCC. The van der Waals surface area contributed by atoms with Crippen molar-refractivity contribution in [2.45, 2.75) is 148 Å². The third kappa shape index (κ3) is 30.8. The molecule has 0 aromatic rings. The molecule has 41 heavy (non-hydrogen) atoms. The Bertz CT molecular complexity index is 642. The predicted molar refractivity (Wildman–Crippen MR) is 169 cm³/mol. The fourth-order valence-corrected chi connectivity index (χ4v) is 5.23. The summed E-state index contributed by atoms with van der Waals surface area (Å²) in [7, 11) is 1.67. The highest BCUT2D eigenvalue weighted by Gasteiger charge is 2.26. The van der Waals surface area contributed by atoms with Gasteiger partial charge in [0.1, 0.15) is 19.3 Å². The summed E-state index contributed by atoms with van der Waals surface area (Å²) in [5, 5.41) is 0. The standard InChI is InChI=1S/C32H66NO7P/c1-6-8-10-12-13-14-15-16-17-18-19-20-22-24-27-37-29-31(40-32(34)25-23-21-11-9-7-2)30-39-41(35,36)38-28-26-33(3,4)5/h31H,6-30H2,1-5H3/p+1. The molecule has 0 aromatic heterocycles. The molecule has 0 saturated carbocycles. The average Bonchev–Trinajstić information content (AvgIpc) is 2.90. The summed E-state index contributed by atoms with van der Waals surface area (Å²) in [5.74, 6) is -0.325. The largest absolute Gasteiger partial charge is 0.472 e. The Morgan fingerprint density at radius 3 is 1.61 bits per heavy atom. The zero-order chi connectivity index (χ0) is 30.7. The highest BCUT2D eigenvalue weighted by Crippen LogP contribution is 2.43. The molecule has 246 valence electrons. The van der Waals surface area contributed by atoms with Crippen LogP contribution in [0.25, 0.3) is 0 Å². The lowest BCUT2D eigenvalue weighted by Crippen LogP contribution is -2.37. The van der Waals surface area contributed by atoms with Gasteiger partial charge in [0.15, 0.2) is 0 Å². The van der Waals surface area contributed by atoms with Crippen molar-refractivity contribution in [2.24, 2.45) is 0 Å². The van der Waals surface area contributed by atoms with Crippen molar-refractivity contribution in [3.8, 4) is 0 Å². The van der Waals surface area contributed by atoms with Crippen LogP contribution in [0.15, 0.2) is 0 Å². The van der Waals surface area contributed by atoms with E-state index in [2.05, 4.69) is 13.8 Å². The van der Waals surface area contributed by atoms with Crippen LogP contribution in [0.2, 0.25) is 0 Å². The zero-order valence-corrected chi connectivity index (χ0v) is 28.4. The highest BCUT2D eigenvalue weighted by atomic mass is 31.2. The minimum atomic E-state index is -4.24. The summed E-state index contributed by atoms with van der Waals surface area (Å²) in [6.45, 7) is 5.55. The molecule has 0 aliphatic heterocycles. The molecule has 0 fully saturated rings. The van der Waals surface area contributed by atoms with Crippen LogP contribution in [0, 0.1) is 0 Å². The van der Waals surface area contributed by atoms with E-state index in [4.69, 9.17) is 18.5 Å². The van der Waals surface area contributed by atoms with Crippen LogP contribution < -0.4 is 0 Å². The van der Waals surface area contributed by atoms with Crippen LogP contribution in [0.3, 0.4) is 0 Å². The zero-order valence-electron chi connectivity index (χ0n) is 27.5. The number of likely N-dealkylation sites (N-methyl/N-ethyl adjacent to an activating group) is 1. The van der Waals surface area contributed by atoms with E-state index in [1.54, 1.807) is 0 Å². The Labute approximate surface area is 253 Å². The topological polar surface area (TPSA) is 91.3 Å². The molecule has 2 atom stereocenters. The van der Waals surface area contributed by atoms with Gasteiger partial charge >= 0.3 is 13.8 Å². The molecule has 0 heterocycles. The Kier molecular flexibility index (Phi) is 26.7. The predicted octanol–water partition coefficient (Wildman–Crippen LogP) is 8.60. The first-order valence-electron chi connectivity index (χ1n) is 16.8. The van der Waals surface area contributed by atoms with Gasteiger partial charge < -0.3 is 18.9 Å². The maximum atomic E-state index is 12.4. The third-order valence-corrected chi connectivity index (χ3v) is 8.15. The van der Waals surface area contributed by atoms with Gasteiger partial charge in [-0.15, -0.1) is 0 Å². The summed E-state index contributed by atoms with van der Waals surface area (Å²) in [6, 6.07) is 0. The molecule has 8 nitrogen and oxygen atoms in total. The molecule has 2 unspecified atom stereocenters. The van der Waals surface area contributed by atoms with Crippen molar-refractivity contribution in [2.75, 3.05) is 54.1 Å². The second-order valence-electron chi connectivity index (χ2n) is 12.6.